The predicted molar refractivity (Wildman–Crippen MR) is 90.3 cm³/mol. The molecule has 0 saturated heterocycles. The van der Waals surface area contributed by atoms with Crippen LogP contribution in [0.15, 0.2) is 46.8 Å². The molecule has 0 unspecified atom stereocenters. The lowest BCUT2D eigenvalue weighted by atomic mass is 9.80. The zero-order valence-corrected chi connectivity index (χ0v) is 13.7. The Labute approximate surface area is 140 Å². The van der Waals surface area contributed by atoms with Gasteiger partial charge in [-0.3, -0.25) is 9.59 Å². The van der Waals surface area contributed by atoms with Gasteiger partial charge in [-0.05, 0) is 43.9 Å². The topological polar surface area (TPSA) is 37.4 Å². The number of nitrogens with zero attached hydrogens (tertiary/aromatic N) is 1. The average molecular weight is 328 g/mol. The fraction of sp³-hybridized carbons (Fsp3) is 0.368. The molecule has 0 atom stereocenters. The lowest BCUT2D eigenvalue weighted by Crippen LogP contribution is -2.35. The van der Waals surface area contributed by atoms with Crippen molar-refractivity contribution in [2.75, 3.05) is 4.90 Å². The van der Waals surface area contributed by atoms with Crippen molar-refractivity contribution in [1.82, 2.24) is 0 Å². The first-order valence-corrected chi connectivity index (χ1v) is 8.59. The number of hydrogen-bond acceptors (Lipinski definition) is 3. The molecule has 0 N–H and O–H groups in total. The van der Waals surface area contributed by atoms with Crippen LogP contribution in [0.5, 0.6) is 0 Å². The highest BCUT2D eigenvalue weighted by molar-refractivity contribution is 6.30. The van der Waals surface area contributed by atoms with Crippen LogP contribution in [-0.2, 0) is 9.59 Å². The van der Waals surface area contributed by atoms with E-state index in [0.717, 1.165) is 53.9 Å². The smallest absolute Gasteiger partial charge is 0.160 e. The van der Waals surface area contributed by atoms with Gasteiger partial charge in [0.05, 0.1) is 0 Å². The summed E-state index contributed by atoms with van der Waals surface area (Å²) in [5.41, 5.74) is 4.80. The molecule has 0 aromatic heterocycles. The minimum Gasteiger partial charge on any atom is -0.317 e. The number of hydrogen-bond donors (Lipinski definition) is 0. The molecule has 0 saturated carbocycles. The Morgan fingerprint density at radius 2 is 1.48 bits per heavy atom. The summed E-state index contributed by atoms with van der Waals surface area (Å²) in [6.07, 6.45) is 5.26. The van der Waals surface area contributed by atoms with Crippen LogP contribution in [0, 0.1) is 0 Å². The first-order chi connectivity index (χ1) is 11.1. The van der Waals surface area contributed by atoms with Crippen molar-refractivity contribution in [2.45, 2.75) is 44.9 Å². The Kier molecular flexibility index (Phi) is 3.61. The number of halogens is 1. The molecule has 0 amide bonds. The van der Waals surface area contributed by atoms with Gasteiger partial charge in [0.1, 0.15) is 0 Å². The van der Waals surface area contributed by atoms with Crippen LogP contribution >= 0.6 is 11.6 Å². The molecule has 3 aliphatic rings. The molecule has 4 heteroatoms. The maximum absolute atomic E-state index is 12.4. The quantitative estimate of drug-likeness (QED) is 0.758. The highest BCUT2D eigenvalue weighted by Crippen LogP contribution is 2.44. The Balaban J connectivity index is 1.90. The molecule has 1 aromatic carbocycles. The first kappa shape index (κ1) is 14.7. The van der Waals surface area contributed by atoms with Crippen LogP contribution in [0.2, 0.25) is 5.02 Å². The number of Topliss-reactive ketones (excluding diaryl/α,β-unsaturated/α-hetero) is 2. The van der Waals surface area contributed by atoms with Crippen molar-refractivity contribution in [3.63, 3.8) is 0 Å². The summed E-state index contributed by atoms with van der Waals surface area (Å²) < 4.78 is 0. The molecule has 1 heterocycles. The Morgan fingerprint density at radius 3 is 2.04 bits per heavy atom. The number of carbonyl (C=O) groups is 2. The minimum absolute atomic E-state index is 0.197. The number of ketones is 2. The zero-order valence-electron chi connectivity index (χ0n) is 12.9. The monoisotopic (exact) mass is 327 g/mol. The second kappa shape index (κ2) is 5.64. The van der Waals surface area contributed by atoms with E-state index in [0.29, 0.717) is 24.3 Å². The molecule has 4 rings (SSSR count). The van der Waals surface area contributed by atoms with Crippen molar-refractivity contribution >= 4 is 28.9 Å². The molecule has 0 fully saturated rings. The summed E-state index contributed by atoms with van der Waals surface area (Å²) >= 11 is 6.18. The van der Waals surface area contributed by atoms with Crippen molar-refractivity contribution in [2.24, 2.45) is 0 Å². The Bertz CT molecular complexity index is 733. The highest BCUT2D eigenvalue weighted by Gasteiger charge is 2.36. The third-order valence-corrected chi connectivity index (χ3v) is 5.20. The zero-order chi connectivity index (χ0) is 16.0. The number of benzene rings is 1. The van der Waals surface area contributed by atoms with E-state index < -0.39 is 0 Å². The molecular formula is C19H18ClNO2. The van der Waals surface area contributed by atoms with Crippen LogP contribution in [0.3, 0.4) is 0 Å². The van der Waals surface area contributed by atoms with Gasteiger partial charge in [-0.1, -0.05) is 17.7 Å². The summed E-state index contributed by atoms with van der Waals surface area (Å²) in [6, 6.07) is 7.69. The van der Waals surface area contributed by atoms with Crippen molar-refractivity contribution < 1.29 is 9.59 Å². The van der Waals surface area contributed by atoms with E-state index in [2.05, 4.69) is 4.90 Å². The van der Waals surface area contributed by atoms with Crippen molar-refractivity contribution in [1.29, 1.82) is 0 Å². The van der Waals surface area contributed by atoms with Crippen LogP contribution in [0.1, 0.15) is 44.9 Å². The second-order valence-corrected chi connectivity index (χ2v) is 6.83. The maximum atomic E-state index is 12.4. The fourth-order valence-corrected chi connectivity index (χ4v) is 4.10. The van der Waals surface area contributed by atoms with Crippen LogP contribution < -0.4 is 4.90 Å². The SMILES string of the molecule is O=C1CCCC2=C1CC1=C(CCCC1=O)N2c1cccc(Cl)c1. The molecule has 118 valence electrons. The minimum atomic E-state index is 0.197. The van der Waals surface area contributed by atoms with Gasteiger partial charge in [-0.15, -0.1) is 0 Å². The third-order valence-electron chi connectivity index (χ3n) is 4.96. The first-order valence-electron chi connectivity index (χ1n) is 8.21. The number of rotatable bonds is 1. The number of allylic oxidation sites excluding steroid dienone is 4. The van der Waals surface area contributed by atoms with Gasteiger partial charge in [-0.25, -0.2) is 0 Å². The van der Waals surface area contributed by atoms with E-state index in [1.165, 1.54) is 0 Å². The molecule has 1 aliphatic heterocycles. The van der Waals surface area contributed by atoms with Crippen LogP contribution in [-0.4, -0.2) is 11.6 Å². The van der Waals surface area contributed by atoms with E-state index in [-0.39, 0.29) is 11.6 Å². The standard InChI is InChI=1S/C19H18ClNO2/c20-12-4-1-5-13(10-12)21-16-6-2-8-18(22)14(16)11-15-17(21)7-3-9-19(15)23/h1,4-5,10H,2-3,6-9,11H2. The van der Waals surface area contributed by atoms with Gasteiger partial charge < -0.3 is 4.90 Å². The van der Waals surface area contributed by atoms with Gasteiger partial charge in [-0.2, -0.15) is 0 Å². The largest absolute Gasteiger partial charge is 0.317 e. The average Bonchev–Trinajstić information content (AvgIpc) is 2.54. The molecule has 3 nitrogen and oxygen atoms in total. The molecule has 2 aliphatic carbocycles. The molecular weight excluding hydrogens is 310 g/mol. The predicted octanol–water partition coefficient (Wildman–Crippen LogP) is 4.56. The van der Waals surface area contributed by atoms with Gasteiger partial charge in [0, 0.05) is 52.5 Å². The summed E-state index contributed by atoms with van der Waals surface area (Å²) in [5.74, 6) is 0.395. The van der Waals surface area contributed by atoms with Gasteiger partial charge in [0.25, 0.3) is 0 Å². The second-order valence-electron chi connectivity index (χ2n) is 6.40. The molecule has 1 aromatic rings. The molecule has 0 bridgehead atoms. The van der Waals surface area contributed by atoms with Gasteiger partial charge in [0.2, 0.25) is 0 Å². The summed E-state index contributed by atoms with van der Waals surface area (Å²) in [4.78, 5) is 27.0. The van der Waals surface area contributed by atoms with E-state index >= 15 is 0 Å². The van der Waals surface area contributed by atoms with Crippen molar-refractivity contribution in [3.05, 3.63) is 51.8 Å². The van der Waals surface area contributed by atoms with E-state index in [4.69, 9.17) is 11.6 Å². The van der Waals surface area contributed by atoms with E-state index in [9.17, 15) is 9.59 Å². The maximum Gasteiger partial charge on any atom is 0.160 e. The third kappa shape index (κ3) is 2.43. The van der Waals surface area contributed by atoms with Crippen molar-refractivity contribution in [3.8, 4) is 0 Å². The molecule has 0 spiro atoms. The summed E-state index contributed by atoms with van der Waals surface area (Å²) in [7, 11) is 0. The molecule has 0 radical (unpaired) electrons. The van der Waals surface area contributed by atoms with E-state index in [1.54, 1.807) is 0 Å². The van der Waals surface area contributed by atoms with E-state index in [1.807, 2.05) is 24.3 Å². The lowest BCUT2D eigenvalue weighted by Gasteiger charge is -2.40. The number of carbonyl (C=O) groups excluding carboxylic acids is 2. The van der Waals surface area contributed by atoms with Gasteiger partial charge >= 0.3 is 0 Å². The Morgan fingerprint density at radius 1 is 0.870 bits per heavy atom. The van der Waals surface area contributed by atoms with Crippen LogP contribution in [0.25, 0.3) is 0 Å². The Hall–Kier alpha value is -1.87. The normalized spacial score (nSPS) is 21.5. The fourth-order valence-electron chi connectivity index (χ4n) is 3.92. The highest BCUT2D eigenvalue weighted by atomic mass is 35.5. The van der Waals surface area contributed by atoms with Gasteiger partial charge in [0.15, 0.2) is 11.6 Å². The van der Waals surface area contributed by atoms with Crippen LogP contribution in [0.4, 0.5) is 5.69 Å². The summed E-state index contributed by atoms with van der Waals surface area (Å²) in [6.45, 7) is 0. The molecule has 23 heavy (non-hydrogen) atoms. The number of anilines is 1. The summed E-state index contributed by atoms with van der Waals surface area (Å²) in [5, 5.41) is 0.668. The lowest BCUT2D eigenvalue weighted by molar-refractivity contribution is -0.116.